The van der Waals surface area contributed by atoms with Crippen LogP contribution in [-0.2, 0) is 6.54 Å². The first-order chi connectivity index (χ1) is 10.2. The predicted molar refractivity (Wildman–Crippen MR) is 108 cm³/mol. The van der Waals surface area contributed by atoms with Gasteiger partial charge in [0.1, 0.15) is 0 Å². The molecular weight excluding hydrogens is 407 g/mol. The minimum absolute atomic E-state index is 0. The highest BCUT2D eigenvalue weighted by Crippen LogP contribution is 2.15. The summed E-state index contributed by atoms with van der Waals surface area (Å²) in [5, 5.41) is 9.04. The molecule has 1 atom stereocenters. The Morgan fingerprint density at radius 2 is 2.09 bits per heavy atom. The molecule has 1 aliphatic heterocycles. The molecule has 2 N–H and O–H groups in total. The molecule has 2 rings (SSSR count). The van der Waals surface area contributed by atoms with Crippen LogP contribution in [0.2, 0.25) is 0 Å². The molecule has 1 aliphatic rings. The van der Waals surface area contributed by atoms with Crippen LogP contribution in [0.15, 0.2) is 16.4 Å². The average Bonchev–Trinajstić information content (AvgIpc) is 3.15. The fourth-order valence-corrected chi connectivity index (χ4v) is 3.67. The summed E-state index contributed by atoms with van der Waals surface area (Å²) >= 11 is 1.80. The fourth-order valence-electron chi connectivity index (χ4n) is 2.82. The highest BCUT2D eigenvalue weighted by molar-refractivity contribution is 14.0. The van der Waals surface area contributed by atoms with Gasteiger partial charge in [0.25, 0.3) is 0 Å². The molecule has 0 aromatic carbocycles. The van der Waals surface area contributed by atoms with Gasteiger partial charge in [-0.05, 0) is 56.3 Å². The molecule has 0 aliphatic carbocycles. The third kappa shape index (κ3) is 5.70. The van der Waals surface area contributed by atoms with E-state index in [2.05, 4.69) is 45.8 Å². The first-order valence-corrected chi connectivity index (χ1v) is 8.84. The van der Waals surface area contributed by atoms with Crippen molar-refractivity contribution in [1.82, 2.24) is 15.5 Å². The number of nitrogens with one attached hydrogen (secondary N) is 2. The zero-order chi connectivity index (χ0) is 15.1. The number of halogens is 1. The molecule has 1 aromatic rings. The lowest BCUT2D eigenvalue weighted by molar-refractivity contribution is 0.236. The lowest BCUT2D eigenvalue weighted by atomic mass is 10.2. The highest BCUT2D eigenvalue weighted by atomic mass is 127. The third-order valence-electron chi connectivity index (χ3n) is 4.24. The van der Waals surface area contributed by atoms with E-state index in [4.69, 9.17) is 0 Å². The molecule has 1 saturated heterocycles. The number of aliphatic imine (C=N–C) groups is 1. The molecule has 0 amide bonds. The molecule has 6 heteroatoms. The number of thiophene rings is 1. The van der Waals surface area contributed by atoms with Crippen molar-refractivity contribution in [2.24, 2.45) is 4.99 Å². The zero-order valence-electron chi connectivity index (χ0n) is 13.9. The van der Waals surface area contributed by atoms with Crippen LogP contribution in [0.4, 0.5) is 0 Å². The summed E-state index contributed by atoms with van der Waals surface area (Å²) in [6, 6.07) is 2.78. The summed E-state index contributed by atoms with van der Waals surface area (Å²) in [4.78, 5) is 8.31. The van der Waals surface area contributed by atoms with Crippen LogP contribution < -0.4 is 10.6 Å². The minimum atomic E-state index is 0. The van der Waals surface area contributed by atoms with Crippen LogP contribution in [0.1, 0.15) is 36.6 Å². The summed E-state index contributed by atoms with van der Waals surface area (Å²) in [5.74, 6) is 0.903. The SMILES string of the molecule is CCC(CNC(=NC)NCc1sccc1C)N1CCCC1.I. The van der Waals surface area contributed by atoms with E-state index >= 15 is 0 Å². The summed E-state index contributed by atoms with van der Waals surface area (Å²) < 4.78 is 0. The van der Waals surface area contributed by atoms with Crippen LogP contribution in [-0.4, -0.2) is 43.6 Å². The Morgan fingerprint density at radius 3 is 2.64 bits per heavy atom. The third-order valence-corrected chi connectivity index (χ3v) is 5.26. The lowest BCUT2D eigenvalue weighted by Crippen LogP contribution is -2.46. The van der Waals surface area contributed by atoms with Gasteiger partial charge >= 0.3 is 0 Å². The minimum Gasteiger partial charge on any atom is -0.355 e. The molecular formula is C16H29IN4S. The predicted octanol–water partition coefficient (Wildman–Crippen LogP) is 3.21. The highest BCUT2D eigenvalue weighted by Gasteiger charge is 2.20. The topological polar surface area (TPSA) is 39.7 Å². The van der Waals surface area contributed by atoms with Gasteiger partial charge in [0, 0.05) is 24.5 Å². The van der Waals surface area contributed by atoms with Gasteiger partial charge in [-0.25, -0.2) is 0 Å². The van der Waals surface area contributed by atoms with E-state index in [1.165, 1.54) is 42.8 Å². The van der Waals surface area contributed by atoms with Crippen LogP contribution in [0.5, 0.6) is 0 Å². The molecule has 22 heavy (non-hydrogen) atoms. The number of rotatable bonds is 6. The summed E-state index contributed by atoms with van der Waals surface area (Å²) in [6.45, 7) is 8.75. The molecule has 0 bridgehead atoms. The van der Waals surface area contributed by atoms with E-state index in [1.54, 1.807) is 11.3 Å². The van der Waals surface area contributed by atoms with Crippen molar-refractivity contribution in [2.75, 3.05) is 26.7 Å². The number of hydrogen-bond acceptors (Lipinski definition) is 3. The fraction of sp³-hybridized carbons (Fsp3) is 0.688. The second-order valence-electron chi connectivity index (χ2n) is 5.64. The van der Waals surface area contributed by atoms with Gasteiger partial charge in [-0.15, -0.1) is 35.3 Å². The molecule has 2 heterocycles. The number of aryl methyl sites for hydroxylation is 1. The Balaban J connectivity index is 0.00000242. The Bertz CT molecular complexity index is 455. The smallest absolute Gasteiger partial charge is 0.191 e. The van der Waals surface area contributed by atoms with Crippen LogP contribution >= 0.6 is 35.3 Å². The monoisotopic (exact) mass is 436 g/mol. The van der Waals surface area contributed by atoms with E-state index in [-0.39, 0.29) is 24.0 Å². The van der Waals surface area contributed by atoms with Gasteiger partial charge < -0.3 is 10.6 Å². The van der Waals surface area contributed by atoms with Crippen molar-refractivity contribution in [1.29, 1.82) is 0 Å². The van der Waals surface area contributed by atoms with E-state index in [0.717, 1.165) is 19.0 Å². The van der Waals surface area contributed by atoms with E-state index < -0.39 is 0 Å². The maximum Gasteiger partial charge on any atom is 0.191 e. The Labute approximate surface area is 155 Å². The normalized spacial score (nSPS) is 17.1. The summed E-state index contributed by atoms with van der Waals surface area (Å²) in [5.41, 5.74) is 1.35. The first-order valence-electron chi connectivity index (χ1n) is 7.96. The van der Waals surface area contributed by atoms with Gasteiger partial charge in [-0.3, -0.25) is 9.89 Å². The maximum atomic E-state index is 4.33. The van der Waals surface area contributed by atoms with E-state index in [9.17, 15) is 0 Å². The lowest BCUT2D eigenvalue weighted by Gasteiger charge is -2.27. The standard InChI is InChI=1S/C16H28N4S.HI/c1-4-14(20-8-5-6-9-20)11-18-16(17-3)19-12-15-13(2)7-10-21-15;/h7,10,14H,4-6,8-9,11-12H2,1-3H3,(H2,17,18,19);1H. The van der Waals surface area contributed by atoms with Gasteiger partial charge in [0.05, 0.1) is 6.54 Å². The summed E-state index contributed by atoms with van der Waals surface area (Å²) in [6.07, 6.45) is 3.89. The average molecular weight is 436 g/mol. The number of hydrogen-bond donors (Lipinski definition) is 2. The van der Waals surface area contributed by atoms with Crippen molar-refractivity contribution in [2.45, 2.75) is 45.7 Å². The van der Waals surface area contributed by atoms with Gasteiger partial charge in [0.2, 0.25) is 0 Å². The van der Waals surface area contributed by atoms with Crippen molar-refractivity contribution in [3.05, 3.63) is 21.9 Å². The van der Waals surface area contributed by atoms with Crippen molar-refractivity contribution in [3.8, 4) is 0 Å². The zero-order valence-corrected chi connectivity index (χ0v) is 17.0. The summed E-state index contributed by atoms with van der Waals surface area (Å²) in [7, 11) is 1.84. The number of guanidine groups is 1. The number of nitrogens with zero attached hydrogens (tertiary/aromatic N) is 2. The van der Waals surface area contributed by atoms with Crippen LogP contribution in [0.25, 0.3) is 0 Å². The molecule has 126 valence electrons. The first kappa shape index (κ1) is 19.7. The Hall–Kier alpha value is -0.340. The second kappa shape index (κ2) is 10.4. The van der Waals surface area contributed by atoms with E-state index in [1.807, 2.05) is 7.05 Å². The molecule has 0 spiro atoms. The molecule has 4 nitrogen and oxygen atoms in total. The quantitative estimate of drug-likeness (QED) is 0.409. The largest absolute Gasteiger partial charge is 0.355 e. The Morgan fingerprint density at radius 1 is 1.36 bits per heavy atom. The van der Waals surface area contributed by atoms with Crippen molar-refractivity contribution in [3.63, 3.8) is 0 Å². The van der Waals surface area contributed by atoms with Crippen LogP contribution in [0, 0.1) is 6.92 Å². The van der Waals surface area contributed by atoms with E-state index in [0.29, 0.717) is 6.04 Å². The Kier molecular flexibility index (Phi) is 9.35. The van der Waals surface area contributed by atoms with Crippen molar-refractivity contribution < 1.29 is 0 Å². The van der Waals surface area contributed by atoms with Crippen LogP contribution in [0.3, 0.4) is 0 Å². The molecule has 1 fully saturated rings. The molecule has 0 radical (unpaired) electrons. The van der Waals surface area contributed by atoms with Crippen molar-refractivity contribution >= 4 is 41.3 Å². The second-order valence-corrected chi connectivity index (χ2v) is 6.64. The molecule has 1 aromatic heterocycles. The van der Waals surface area contributed by atoms with Gasteiger partial charge in [-0.2, -0.15) is 0 Å². The van der Waals surface area contributed by atoms with Gasteiger partial charge in [-0.1, -0.05) is 6.92 Å². The maximum absolute atomic E-state index is 4.33. The molecule has 0 saturated carbocycles. The molecule has 1 unspecified atom stereocenters. The number of likely N-dealkylation sites (tertiary alicyclic amines) is 1. The van der Waals surface area contributed by atoms with Gasteiger partial charge in [0.15, 0.2) is 5.96 Å².